The number of hydrogen-bond donors (Lipinski definition) is 1. The first-order valence-corrected chi connectivity index (χ1v) is 7.37. The van der Waals surface area contributed by atoms with Gasteiger partial charge in [-0.05, 0) is 37.4 Å². The molecule has 0 aliphatic heterocycles. The molecule has 1 aromatic carbocycles. The maximum Gasteiger partial charge on any atom is 0.411 e. The van der Waals surface area contributed by atoms with E-state index in [2.05, 4.69) is 29.1 Å². The van der Waals surface area contributed by atoms with E-state index < -0.39 is 12.8 Å². The number of rotatable bonds is 9. The molecule has 0 saturated carbocycles. The smallest absolute Gasteiger partial charge is 0.372 e. The Bertz CT molecular complexity index is 390. The molecule has 1 unspecified atom stereocenters. The standard InChI is InChI=1S/C16H24F3NO/c1-3-4-5-13-6-8-14(9-7-13)15(20-2)10-11-21-12-16(17,18)19/h6-9,15,20H,3-5,10-12H2,1-2H3. The largest absolute Gasteiger partial charge is 0.411 e. The van der Waals surface area contributed by atoms with E-state index in [4.69, 9.17) is 0 Å². The van der Waals surface area contributed by atoms with E-state index in [0.29, 0.717) is 6.42 Å². The predicted molar refractivity (Wildman–Crippen MR) is 78.3 cm³/mol. The Morgan fingerprint density at radius 2 is 1.86 bits per heavy atom. The molecule has 1 atom stereocenters. The van der Waals surface area contributed by atoms with E-state index in [1.807, 2.05) is 12.1 Å². The first kappa shape index (κ1) is 18.0. The molecule has 0 aliphatic carbocycles. The second kappa shape index (κ2) is 9.05. The van der Waals surface area contributed by atoms with Gasteiger partial charge in [-0.15, -0.1) is 0 Å². The van der Waals surface area contributed by atoms with Crippen LogP contribution in [0.1, 0.15) is 43.4 Å². The highest BCUT2D eigenvalue weighted by atomic mass is 19.4. The Morgan fingerprint density at radius 1 is 1.19 bits per heavy atom. The van der Waals surface area contributed by atoms with Crippen molar-refractivity contribution in [1.29, 1.82) is 0 Å². The van der Waals surface area contributed by atoms with Gasteiger partial charge in [0.15, 0.2) is 0 Å². The van der Waals surface area contributed by atoms with Crippen LogP contribution < -0.4 is 5.32 Å². The summed E-state index contributed by atoms with van der Waals surface area (Å²) in [5.41, 5.74) is 2.37. The lowest BCUT2D eigenvalue weighted by Gasteiger charge is -2.17. The third kappa shape index (κ3) is 7.48. The molecule has 0 spiro atoms. The van der Waals surface area contributed by atoms with Gasteiger partial charge < -0.3 is 10.1 Å². The van der Waals surface area contributed by atoms with Crippen LogP contribution in [0.4, 0.5) is 13.2 Å². The lowest BCUT2D eigenvalue weighted by atomic mass is 10.0. The highest BCUT2D eigenvalue weighted by Crippen LogP contribution is 2.19. The predicted octanol–water partition coefficient (Wildman–Crippen LogP) is 4.26. The van der Waals surface area contributed by atoms with Crippen molar-refractivity contribution < 1.29 is 17.9 Å². The highest BCUT2D eigenvalue weighted by Gasteiger charge is 2.27. The summed E-state index contributed by atoms with van der Waals surface area (Å²) in [6, 6.07) is 8.27. The van der Waals surface area contributed by atoms with Gasteiger partial charge in [0.1, 0.15) is 6.61 Å². The van der Waals surface area contributed by atoms with E-state index >= 15 is 0 Å². The van der Waals surface area contributed by atoms with Crippen LogP contribution in [0.5, 0.6) is 0 Å². The third-order valence-corrected chi connectivity index (χ3v) is 3.37. The SMILES string of the molecule is CCCCc1ccc(C(CCOCC(F)(F)F)NC)cc1. The first-order chi connectivity index (χ1) is 9.96. The monoisotopic (exact) mass is 303 g/mol. The quantitative estimate of drug-likeness (QED) is 0.688. The second-order valence-electron chi connectivity index (χ2n) is 5.14. The van der Waals surface area contributed by atoms with Crippen molar-refractivity contribution >= 4 is 0 Å². The Kier molecular flexibility index (Phi) is 7.75. The average Bonchev–Trinajstić information content (AvgIpc) is 2.45. The zero-order chi connectivity index (χ0) is 15.7. The van der Waals surface area contributed by atoms with Gasteiger partial charge in [0.05, 0.1) is 0 Å². The summed E-state index contributed by atoms with van der Waals surface area (Å²) < 4.78 is 40.6. The van der Waals surface area contributed by atoms with Crippen LogP contribution in [0.15, 0.2) is 24.3 Å². The topological polar surface area (TPSA) is 21.3 Å². The van der Waals surface area contributed by atoms with Crippen LogP contribution in [0.2, 0.25) is 0 Å². The zero-order valence-electron chi connectivity index (χ0n) is 12.7. The van der Waals surface area contributed by atoms with Crippen molar-refractivity contribution in [3.8, 4) is 0 Å². The zero-order valence-corrected chi connectivity index (χ0v) is 12.7. The van der Waals surface area contributed by atoms with Crippen LogP contribution in [-0.2, 0) is 11.2 Å². The molecule has 0 amide bonds. The number of alkyl halides is 3. The molecule has 1 aromatic rings. The number of hydrogen-bond acceptors (Lipinski definition) is 2. The molecule has 0 radical (unpaired) electrons. The summed E-state index contributed by atoms with van der Waals surface area (Å²) in [5, 5.41) is 3.12. The van der Waals surface area contributed by atoms with E-state index in [1.54, 1.807) is 7.05 Å². The number of aryl methyl sites for hydroxylation is 1. The summed E-state index contributed by atoms with van der Waals surface area (Å²) in [5.74, 6) is 0. The summed E-state index contributed by atoms with van der Waals surface area (Å²) in [7, 11) is 1.80. The second-order valence-corrected chi connectivity index (χ2v) is 5.14. The molecule has 1 N–H and O–H groups in total. The average molecular weight is 303 g/mol. The van der Waals surface area contributed by atoms with E-state index in [9.17, 15) is 13.2 Å². The summed E-state index contributed by atoms with van der Waals surface area (Å²) in [4.78, 5) is 0. The highest BCUT2D eigenvalue weighted by molar-refractivity contribution is 5.25. The molecule has 0 heterocycles. The summed E-state index contributed by atoms with van der Waals surface area (Å²) >= 11 is 0. The molecule has 0 aliphatic rings. The van der Waals surface area contributed by atoms with Gasteiger partial charge in [0.25, 0.3) is 0 Å². The molecule has 0 saturated heterocycles. The van der Waals surface area contributed by atoms with Gasteiger partial charge in [0.2, 0.25) is 0 Å². The van der Waals surface area contributed by atoms with Crippen LogP contribution in [0, 0.1) is 0 Å². The lowest BCUT2D eigenvalue weighted by molar-refractivity contribution is -0.174. The minimum Gasteiger partial charge on any atom is -0.372 e. The fourth-order valence-electron chi connectivity index (χ4n) is 2.16. The van der Waals surface area contributed by atoms with Crippen molar-refractivity contribution in [1.82, 2.24) is 5.32 Å². The maximum absolute atomic E-state index is 12.0. The Hall–Kier alpha value is -1.07. The number of benzene rings is 1. The summed E-state index contributed by atoms with van der Waals surface area (Å²) in [6.45, 7) is 1.06. The minimum absolute atomic E-state index is 0.0125. The number of unbranched alkanes of at least 4 members (excludes halogenated alkanes) is 1. The Balaban J connectivity index is 2.44. The van der Waals surface area contributed by atoms with Crippen LogP contribution in [-0.4, -0.2) is 26.4 Å². The molecule has 2 nitrogen and oxygen atoms in total. The van der Waals surface area contributed by atoms with E-state index in [1.165, 1.54) is 12.0 Å². The number of halogens is 3. The van der Waals surface area contributed by atoms with Gasteiger partial charge >= 0.3 is 6.18 Å². The van der Waals surface area contributed by atoms with Crippen molar-refractivity contribution in [3.63, 3.8) is 0 Å². The van der Waals surface area contributed by atoms with Crippen LogP contribution >= 0.6 is 0 Å². The van der Waals surface area contributed by atoms with Gasteiger partial charge in [-0.3, -0.25) is 0 Å². The molecular formula is C16H24F3NO. The van der Waals surface area contributed by atoms with Crippen LogP contribution in [0.25, 0.3) is 0 Å². The van der Waals surface area contributed by atoms with Crippen molar-refractivity contribution in [2.75, 3.05) is 20.3 Å². The van der Waals surface area contributed by atoms with Crippen molar-refractivity contribution in [3.05, 3.63) is 35.4 Å². The molecule has 0 aromatic heterocycles. The molecular weight excluding hydrogens is 279 g/mol. The van der Waals surface area contributed by atoms with Gasteiger partial charge in [0, 0.05) is 12.6 Å². The van der Waals surface area contributed by atoms with Crippen LogP contribution in [0.3, 0.4) is 0 Å². The number of ether oxygens (including phenoxy) is 1. The fourth-order valence-corrected chi connectivity index (χ4v) is 2.16. The van der Waals surface area contributed by atoms with E-state index in [-0.39, 0.29) is 12.6 Å². The van der Waals surface area contributed by atoms with Crippen molar-refractivity contribution in [2.24, 2.45) is 0 Å². The summed E-state index contributed by atoms with van der Waals surface area (Å²) in [6.07, 6.45) is -0.343. The molecule has 1 rings (SSSR count). The lowest BCUT2D eigenvalue weighted by Crippen LogP contribution is -2.21. The fraction of sp³-hybridized carbons (Fsp3) is 0.625. The Morgan fingerprint density at radius 3 is 2.38 bits per heavy atom. The van der Waals surface area contributed by atoms with Crippen molar-refractivity contribution in [2.45, 2.75) is 44.8 Å². The van der Waals surface area contributed by atoms with Gasteiger partial charge in [-0.2, -0.15) is 13.2 Å². The molecule has 120 valence electrons. The third-order valence-electron chi connectivity index (χ3n) is 3.37. The maximum atomic E-state index is 12.0. The van der Waals surface area contributed by atoms with Gasteiger partial charge in [-0.1, -0.05) is 37.6 Å². The minimum atomic E-state index is -4.25. The van der Waals surface area contributed by atoms with E-state index in [0.717, 1.165) is 18.4 Å². The molecule has 0 bridgehead atoms. The molecule has 5 heteroatoms. The number of nitrogens with one attached hydrogen (secondary N) is 1. The molecule has 0 fully saturated rings. The Labute approximate surface area is 124 Å². The molecule has 21 heavy (non-hydrogen) atoms. The van der Waals surface area contributed by atoms with Gasteiger partial charge in [-0.25, -0.2) is 0 Å². The normalized spacial score (nSPS) is 13.4. The first-order valence-electron chi connectivity index (χ1n) is 7.37.